The van der Waals surface area contributed by atoms with Crippen LogP contribution < -0.4 is 9.47 Å². The molecule has 0 fully saturated rings. The zero-order valence-corrected chi connectivity index (χ0v) is 14.8. The molecule has 1 N–H and O–H groups in total. The predicted octanol–water partition coefficient (Wildman–Crippen LogP) is 4.21. The van der Waals surface area contributed by atoms with E-state index in [2.05, 4.69) is 0 Å². The van der Waals surface area contributed by atoms with E-state index in [1.54, 1.807) is 26.4 Å². The topological polar surface area (TPSA) is 65.0 Å². The van der Waals surface area contributed by atoms with Crippen LogP contribution in [0.4, 0.5) is 0 Å². The second-order valence-corrected chi connectivity index (χ2v) is 6.27. The number of fused-ring (bicyclic) bond motifs is 2. The van der Waals surface area contributed by atoms with Crippen LogP contribution >= 0.6 is 0 Å². The minimum atomic E-state index is -0.428. The Balaban J connectivity index is 2.17. The number of rotatable bonds is 3. The van der Waals surface area contributed by atoms with Crippen molar-refractivity contribution in [1.29, 1.82) is 0 Å². The smallest absolute Gasteiger partial charge is 0.339 e. The van der Waals surface area contributed by atoms with Crippen LogP contribution in [0.3, 0.4) is 0 Å². The van der Waals surface area contributed by atoms with E-state index in [0.717, 1.165) is 16.7 Å². The van der Waals surface area contributed by atoms with Crippen LogP contribution in [-0.2, 0) is 11.3 Å². The second kappa shape index (κ2) is 5.95. The molecule has 0 aromatic heterocycles. The van der Waals surface area contributed by atoms with Gasteiger partial charge in [0.15, 0.2) is 11.5 Å². The summed E-state index contributed by atoms with van der Waals surface area (Å²) in [5.74, 6) is 0.648. The number of ether oxygens (including phenoxy) is 3. The first-order valence-electron chi connectivity index (χ1n) is 8.22. The Morgan fingerprint density at radius 3 is 2.19 bits per heavy atom. The van der Waals surface area contributed by atoms with Crippen LogP contribution in [-0.4, -0.2) is 25.3 Å². The molecule has 0 radical (unpaired) electrons. The number of hydrogen-bond donors (Lipinski definition) is 1. The highest BCUT2D eigenvalue weighted by molar-refractivity contribution is 6.13. The van der Waals surface area contributed by atoms with Gasteiger partial charge in [0.05, 0.1) is 19.8 Å². The molecule has 4 rings (SSSR count). The number of hydrogen-bond acceptors (Lipinski definition) is 5. The van der Waals surface area contributed by atoms with Crippen molar-refractivity contribution in [3.8, 4) is 28.4 Å². The molecule has 0 saturated carbocycles. The number of phenolic OH excluding ortho intramolecular Hbond substituents is 1. The Morgan fingerprint density at radius 2 is 1.58 bits per heavy atom. The fourth-order valence-electron chi connectivity index (χ4n) is 3.44. The Bertz CT molecular complexity index is 1030. The molecule has 1 aliphatic rings. The molecule has 0 bridgehead atoms. The Hall–Kier alpha value is -3.21. The number of cyclic esters (lactones) is 1. The number of esters is 1. The lowest BCUT2D eigenvalue weighted by Crippen LogP contribution is -2.00. The molecule has 0 amide bonds. The molecule has 5 heteroatoms. The van der Waals surface area contributed by atoms with Gasteiger partial charge in [-0.15, -0.1) is 0 Å². The summed E-state index contributed by atoms with van der Waals surface area (Å²) in [6, 6.07) is 11.4. The quantitative estimate of drug-likeness (QED) is 0.717. The molecule has 0 unspecified atom stereocenters. The summed E-state index contributed by atoms with van der Waals surface area (Å²) in [7, 11) is 3.10. The van der Waals surface area contributed by atoms with Gasteiger partial charge in [0, 0.05) is 16.5 Å². The number of aryl methyl sites for hydroxylation is 1. The molecule has 3 aromatic rings. The Kier molecular flexibility index (Phi) is 3.72. The lowest BCUT2D eigenvalue weighted by Gasteiger charge is -2.16. The van der Waals surface area contributed by atoms with Gasteiger partial charge in [0.25, 0.3) is 0 Å². The number of carbonyl (C=O) groups is 1. The molecule has 0 atom stereocenters. The van der Waals surface area contributed by atoms with Crippen LogP contribution in [0, 0.1) is 6.92 Å². The van der Waals surface area contributed by atoms with Gasteiger partial charge < -0.3 is 19.3 Å². The number of methoxy groups -OCH3 is 2. The van der Waals surface area contributed by atoms with Crippen molar-refractivity contribution < 1.29 is 24.1 Å². The summed E-state index contributed by atoms with van der Waals surface area (Å²) in [5.41, 5.74) is 3.64. The van der Waals surface area contributed by atoms with Crippen molar-refractivity contribution in [3.63, 3.8) is 0 Å². The standard InChI is InChI=1S/C21H18O5/c1-11-4-6-12(7-5-11)18-13-8-16(24-2)17(25-3)9-14(13)20(22)15-10-26-21(23)19(15)18/h4-9,22H,10H2,1-3H3. The first kappa shape index (κ1) is 16.3. The summed E-state index contributed by atoms with van der Waals surface area (Å²) in [5, 5.41) is 12.1. The molecule has 1 heterocycles. The van der Waals surface area contributed by atoms with Crippen molar-refractivity contribution in [1.82, 2.24) is 0 Å². The highest BCUT2D eigenvalue weighted by Gasteiger charge is 2.31. The minimum absolute atomic E-state index is 0.0395. The summed E-state index contributed by atoms with van der Waals surface area (Å²) < 4.78 is 16.0. The van der Waals surface area contributed by atoms with E-state index >= 15 is 0 Å². The minimum Gasteiger partial charge on any atom is -0.507 e. The summed E-state index contributed by atoms with van der Waals surface area (Å²) in [6.45, 7) is 2.06. The van der Waals surface area contributed by atoms with Gasteiger partial charge in [-0.2, -0.15) is 0 Å². The van der Waals surface area contributed by atoms with Crippen molar-refractivity contribution in [2.24, 2.45) is 0 Å². The molecule has 0 aliphatic carbocycles. The van der Waals surface area contributed by atoms with E-state index in [4.69, 9.17) is 14.2 Å². The zero-order chi connectivity index (χ0) is 18.4. The third kappa shape index (κ3) is 2.28. The lowest BCUT2D eigenvalue weighted by atomic mass is 9.89. The molecule has 5 nitrogen and oxygen atoms in total. The highest BCUT2D eigenvalue weighted by Crippen LogP contribution is 2.47. The maximum atomic E-state index is 12.4. The van der Waals surface area contributed by atoms with Gasteiger partial charge in [-0.1, -0.05) is 29.8 Å². The number of aromatic hydroxyl groups is 1. The van der Waals surface area contributed by atoms with E-state index in [1.165, 1.54) is 0 Å². The summed E-state index contributed by atoms with van der Waals surface area (Å²) >= 11 is 0. The van der Waals surface area contributed by atoms with Gasteiger partial charge >= 0.3 is 5.97 Å². The van der Waals surface area contributed by atoms with Gasteiger partial charge in [-0.05, 0) is 30.0 Å². The van der Waals surface area contributed by atoms with E-state index < -0.39 is 5.97 Å². The van der Waals surface area contributed by atoms with Gasteiger partial charge in [-0.3, -0.25) is 0 Å². The number of carbonyl (C=O) groups excluding carboxylic acids is 1. The summed E-state index contributed by atoms with van der Waals surface area (Å²) in [4.78, 5) is 12.4. The van der Waals surface area contributed by atoms with Crippen LogP contribution in [0.1, 0.15) is 21.5 Å². The normalized spacial score (nSPS) is 12.8. The van der Waals surface area contributed by atoms with Crippen molar-refractivity contribution >= 4 is 16.7 Å². The third-order valence-electron chi connectivity index (χ3n) is 4.78. The molecule has 0 spiro atoms. The predicted molar refractivity (Wildman–Crippen MR) is 98.0 cm³/mol. The van der Waals surface area contributed by atoms with Crippen molar-refractivity contribution in [2.45, 2.75) is 13.5 Å². The molecular formula is C21H18O5. The maximum absolute atomic E-state index is 12.4. The molecule has 132 valence electrons. The molecule has 26 heavy (non-hydrogen) atoms. The zero-order valence-electron chi connectivity index (χ0n) is 14.8. The van der Waals surface area contributed by atoms with Crippen LogP contribution in [0.5, 0.6) is 17.2 Å². The fraction of sp³-hybridized carbons (Fsp3) is 0.190. The van der Waals surface area contributed by atoms with Crippen LogP contribution in [0.25, 0.3) is 21.9 Å². The Labute approximate surface area is 150 Å². The van der Waals surface area contributed by atoms with E-state index in [1.807, 2.05) is 31.2 Å². The van der Waals surface area contributed by atoms with Gasteiger partial charge in [0.2, 0.25) is 0 Å². The number of phenols is 1. The van der Waals surface area contributed by atoms with Crippen molar-refractivity contribution in [2.75, 3.05) is 14.2 Å². The van der Waals surface area contributed by atoms with Gasteiger partial charge in [0.1, 0.15) is 12.4 Å². The molecule has 1 aliphatic heterocycles. The average Bonchev–Trinajstić information content (AvgIpc) is 3.04. The monoisotopic (exact) mass is 350 g/mol. The average molecular weight is 350 g/mol. The fourth-order valence-corrected chi connectivity index (χ4v) is 3.44. The van der Waals surface area contributed by atoms with Gasteiger partial charge in [-0.25, -0.2) is 4.79 Å². The van der Waals surface area contributed by atoms with E-state index in [0.29, 0.717) is 33.4 Å². The third-order valence-corrected chi connectivity index (χ3v) is 4.78. The van der Waals surface area contributed by atoms with E-state index in [9.17, 15) is 9.90 Å². The first-order valence-corrected chi connectivity index (χ1v) is 8.22. The molecule has 3 aromatic carbocycles. The number of benzene rings is 3. The largest absolute Gasteiger partial charge is 0.507 e. The lowest BCUT2D eigenvalue weighted by molar-refractivity contribution is 0.0535. The Morgan fingerprint density at radius 1 is 0.962 bits per heavy atom. The van der Waals surface area contributed by atoms with Crippen molar-refractivity contribution in [3.05, 3.63) is 53.1 Å². The van der Waals surface area contributed by atoms with Crippen LogP contribution in [0.2, 0.25) is 0 Å². The highest BCUT2D eigenvalue weighted by atomic mass is 16.5. The molecule has 0 saturated heterocycles. The van der Waals surface area contributed by atoms with E-state index in [-0.39, 0.29) is 12.4 Å². The maximum Gasteiger partial charge on any atom is 0.339 e. The first-order chi connectivity index (χ1) is 12.5. The van der Waals surface area contributed by atoms with Crippen LogP contribution in [0.15, 0.2) is 36.4 Å². The molecular weight excluding hydrogens is 332 g/mol. The second-order valence-electron chi connectivity index (χ2n) is 6.27. The SMILES string of the molecule is COc1cc2c(O)c3c(c(-c4ccc(C)cc4)c2cc1OC)C(=O)OC3. The summed E-state index contributed by atoms with van der Waals surface area (Å²) in [6.07, 6.45) is 0.